The second-order valence-electron chi connectivity index (χ2n) is 15.1. The Morgan fingerprint density at radius 2 is 1.92 bits per heavy atom. The van der Waals surface area contributed by atoms with E-state index in [1.807, 2.05) is 31.4 Å². The number of carbonyl (C=O) groups excluding carboxylic acids is 3. The molecule has 16 heteroatoms. The summed E-state index contributed by atoms with van der Waals surface area (Å²) in [5.74, 6) is -1.66. The Morgan fingerprint density at radius 3 is 2.62 bits per heavy atom. The maximum atomic E-state index is 15.7. The van der Waals surface area contributed by atoms with Crippen LogP contribution in [0.1, 0.15) is 76.6 Å². The molecule has 2 aliphatic carbocycles. The van der Waals surface area contributed by atoms with Gasteiger partial charge in [-0.1, -0.05) is 26.0 Å². The summed E-state index contributed by atoms with van der Waals surface area (Å²) < 4.78 is 54.9. The van der Waals surface area contributed by atoms with Crippen molar-refractivity contribution in [3.8, 4) is 22.9 Å². The first-order valence-electron chi connectivity index (χ1n) is 18.0. The van der Waals surface area contributed by atoms with Crippen LogP contribution in [0.5, 0.6) is 11.5 Å². The molecule has 4 atom stereocenters. The number of nitrogens with one attached hydrogen (secondary N) is 2. The van der Waals surface area contributed by atoms with Crippen molar-refractivity contribution in [3.05, 3.63) is 46.6 Å². The molecule has 4 amide bonds. The van der Waals surface area contributed by atoms with Crippen LogP contribution in [-0.4, -0.2) is 95.7 Å². The van der Waals surface area contributed by atoms with Gasteiger partial charge in [0.2, 0.25) is 15.9 Å². The Morgan fingerprint density at radius 1 is 1.15 bits per heavy atom. The van der Waals surface area contributed by atoms with Crippen LogP contribution >= 0.6 is 11.3 Å². The first kappa shape index (κ1) is 37.0. The fourth-order valence-electron chi connectivity index (χ4n) is 7.05. The van der Waals surface area contributed by atoms with Gasteiger partial charge in [-0.3, -0.25) is 14.3 Å². The van der Waals surface area contributed by atoms with E-state index >= 15 is 4.39 Å². The lowest BCUT2D eigenvalue weighted by Crippen LogP contribution is -2.58. The normalized spacial score (nSPS) is 26.4. The van der Waals surface area contributed by atoms with Gasteiger partial charge >= 0.3 is 6.03 Å². The van der Waals surface area contributed by atoms with E-state index in [2.05, 4.69) is 15.0 Å². The standard InChI is InChI=1S/C37H45FN6O7S2/c1-21(2)32-40-26(20-52-32)25-17-29(24-11-12-28(50-5)30(38)31(24)39-25)51-23-16-27-33(45)43(4)15-9-7-6-8-10-22-18-37(22,41-35(47)44(27)19-23)34(46)42-53(48,49)36(3)13-14-36/h8,10-12,17,20-23,27H,6-7,9,13-16,18-19H2,1-5H3,(H,41,47)(H,42,46)/b10-8-/t22-,23+,27+,37-/m1/s1. The highest BCUT2D eigenvalue weighted by atomic mass is 32.2. The maximum absolute atomic E-state index is 15.7. The minimum absolute atomic E-state index is 0.0147. The molecule has 2 saturated carbocycles. The van der Waals surface area contributed by atoms with Crippen LogP contribution in [0.15, 0.2) is 35.7 Å². The number of aromatic nitrogens is 2. The SMILES string of the molecule is COc1ccc2c(O[C@H]3C[C@H]4C(=O)N(C)CCCC/C=C\[C@@H]5C[C@@]5(C(=O)NS(=O)(=O)C5(C)CC5)NC(=O)N4C3)cc(-c3csc(C(C)C)n3)nc2c1F. The summed E-state index contributed by atoms with van der Waals surface area (Å²) in [5.41, 5.74) is -0.522. The molecular weight excluding hydrogens is 724 g/mol. The predicted molar refractivity (Wildman–Crippen MR) is 198 cm³/mol. The maximum Gasteiger partial charge on any atom is 0.319 e. The molecule has 0 radical (unpaired) electrons. The van der Waals surface area contributed by atoms with Gasteiger partial charge in [-0.15, -0.1) is 11.3 Å². The van der Waals surface area contributed by atoms with Crippen LogP contribution in [0.2, 0.25) is 0 Å². The summed E-state index contributed by atoms with van der Waals surface area (Å²) >= 11 is 1.48. The van der Waals surface area contributed by atoms with Crippen LogP contribution in [0.4, 0.5) is 9.18 Å². The molecule has 4 aliphatic rings. The average Bonchev–Trinajstić information content (AvgIpc) is 3.89. The van der Waals surface area contributed by atoms with Gasteiger partial charge in [-0.25, -0.2) is 27.6 Å². The van der Waals surface area contributed by atoms with Crippen molar-refractivity contribution >= 4 is 50.1 Å². The number of ether oxygens (including phenoxy) is 2. The van der Waals surface area contributed by atoms with Gasteiger partial charge in [-0.05, 0) is 57.6 Å². The summed E-state index contributed by atoms with van der Waals surface area (Å²) in [6.07, 6.45) is 6.58. The number of methoxy groups -OCH3 is 1. The fourth-order valence-corrected chi connectivity index (χ4v) is 9.19. The molecule has 1 aromatic carbocycles. The quantitative estimate of drug-likeness (QED) is 0.297. The van der Waals surface area contributed by atoms with Crippen LogP contribution in [0, 0.1) is 11.7 Å². The number of likely N-dealkylation sites (N-methyl/N-ethyl adjacent to an activating group) is 1. The van der Waals surface area contributed by atoms with E-state index in [9.17, 15) is 22.8 Å². The zero-order valence-electron chi connectivity index (χ0n) is 30.5. The molecule has 4 heterocycles. The second kappa shape index (κ2) is 13.8. The van der Waals surface area contributed by atoms with E-state index in [1.165, 1.54) is 29.4 Å². The Kier molecular flexibility index (Phi) is 9.66. The van der Waals surface area contributed by atoms with Crippen molar-refractivity contribution in [1.82, 2.24) is 29.8 Å². The highest BCUT2D eigenvalue weighted by Crippen LogP contribution is 2.47. The molecule has 284 valence electrons. The van der Waals surface area contributed by atoms with Gasteiger partial charge in [0.1, 0.15) is 34.6 Å². The fraction of sp³-hybridized carbons (Fsp3) is 0.541. The van der Waals surface area contributed by atoms with Gasteiger partial charge in [-0.2, -0.15) is 0 Å². The number of thiazole rings is 1. The molecular formula is C37H45FN6O7S2. The number of sulfonamides is 1. The minimum Gasteiger partial charge on any atom is -0.494 e. The second-order valence-corrected chi connectivity index (χ2v) is 18.2. The first-order valence-corrected chi connectivity index (χ1v) is 20.4. The summed E-state index contributed by atoms with van der Waals surface area (Å²) in [7, 11) is -0.898. The third-order valence-electron chi connectivity index (χ3n) is 10.9. The number of fused-ring (bicyclic) bond motifs is 3. The summed E-state index contributed by atoms with van der Waals surface area (Å²) in [5, 5.41) is 5.98. The van der Waals surface area contributed by atoms with Gasteiger partial charge in [0.25, 0.3) is 5.91 Å². The lowest BCUT2D eigenvalue weighted by Gasteiger charge is -2.30. The van der Waals surface area contributed by atoms with Gasteiger partial charge in [0.15, 0.2) is 11.6 Å². The summed E-state index contributed by atoms with van der Waals surface area (Å²) in [6.45, 7) is 6.11. The lowest BCUT2D eigenvalue weighted by atomic mass is 10.1. The predicted octanol–water partition coefficient (Wildman–Crippen LogP) is 5.12. The van der Waals surface area contributed by atoms with Crippen LogP contribution in [0.25, 0.3) is 22.3 Å². The molecule has 0 unspecified atom stereocenters. The number of allylic oxidation sites excluding steroid dienone is 1. The van der Waals surface area contributed by atoms with E-state index < -0.39 is 56.1 Å². The zero-order valence-corrected chi connectivity index (χ0v) is 32.1. The van der Waals surface area contributed by atoms with E-state index in [0.29, 0.717) is 48.3 Å². The molecule has 53 heavy (non-hydrogen) atoms. The molecule has 3 fully saturated rings. The molecule has 2 aromatic heterocycles. The Balaban J connectivity index is 1.21. The highest BCUT2D eigenvalue weighted by molar-refractivity contribution is 7.91. The van der Waals surface area contributed by atoms with Crippen LogP contribution < -0.4 is 19.5 Å². The van der Waals surface area contributed by atoms with Gasteiger partial charge in [0.05, 0.1) is 29.1 Å². The molecule has 13 nitrogen and oxygen atoms in total. The van der Waals surface area contributed by atoms with Crippen molar-refractivity contribution in [2.75, 3.05) is 27.2 Å². The van der Waals surface area contributed by atoms with Crippen molar-refractivity contribution in [1.29, 1.82) is 0 Å². The summed E-state index contributed by atoms with van der Waals surface area (Å²) in [6, 6.07) is 3.21. The van der Waals surface area contributed by atoms with Gasteiger partial charge < -0.3 is 24.6 Å². The topological polar surface area (TPSA) is 160 Å². The third-order valence-corrected chi connectivity index (χ3v) is 14.2. The number of nitrogens with zero attached hydrogens (tertiary/aromatic N) is 4. The van der Waals surface area contributed by atoms with Crippen molar-refractivity contribution < 1.29 is 36.7 Å². The average molecular weight is 769 g/mol. The number of carbonyl (C=O) groups is 3. The number of pyridine rings is 1. The number of amides is 4. The van der Waals surface area contributed by atoms with Crippen LogP contribution in [-0.2, 0) is 19.6 Å². The molecule has 2 N–H and O–H groups in total. The lowest BCUT2D eigenvalue weighted by molar-refractivity contribution is -0.134. The van der Waals surface area contributed by atoms with E-state index in [1.54, 1.807) is 31.0 Å². The molecule has 2 aliphatic heterocycles. The Labute approximate surface area is 312 Å². The largest absolute Gasteiger partial charge is 0.494 e. The zero-order chi connectivity index (χ0) is 37.9. The van der Waals surface area contributed by atoms with Crippen molar-refractivity contribution in [2.24, 2.45) is 5.92 Å². The van der Waals surface area contributed by atoms with E-state index in [4.69, 9.17) is 14.5 Å². The Hall–Kier alpha value is -4.31. The number of urea groups is 1. The molecule has 0 bridgehead atoms. The Bertz CT molecular complexity index is 2100. The van der Waals surface area contributed by atoms with Gasteiger partial charge in [0, 0.05) is 48.7 Å². The number of benzene rings is 1. The number of hydrogen-bond acceptors (Lipinski definition) is 10. The molecule has 3 aromatic rings. The molecule has 1 saturated heterocycles. The first-order chi connectivity index (χ1) is 25.2. The number of rotatable bonds is 8. The highest BCUT2D eigenvalue weighted by Gasteiger charge is 2.63. The molecule has 0 spiro atoms. The minimum atomic E-state index is -3.97. The number of halogens is 1. The summed E-state index contributed by atoms with van der Waals surface area (Å²) in [4.78, 5) is 54.2. The molecule has 7 rings (SSSR count). The number of hydrogen-bond donors (Lipinski definition) is 2. The smallest absolute Gasteiger partial charge is 0.319 e. The monoisotopic (exact) mass is 768 g/mol. The van der Waals surface area contributed by atoms with Crippen molar-refractivity contribution in [2.45, 2.75) is 94.1 Å². The van der Waals surface area contributed by atoms with Crippen molar-refractivity contribution in [3.63, 3.8) is 0 Å². The third kappa shape index (κ3) is 6.95. The van der Waals surface area contributed by atoms with E-state index in [0.717, 1.165) is 17.8 Å². The van der Waals surface area contributed by atoms with E-state index in [-0.39, 0.29) is 42.5 Å². The van der Waals surface area contributed by atoms with Crippen LogP contribution in [0.3, 0.4) is 0 Å².